The van der Waals surface area contributed by atoms with Crippen molar-refractivity contribution >= 4 is 21.2 Å². The topological polar surface area (TPSA) is 59.1 Å². The maximum Gasteiger partial charge on any atom is 0.175 e. The molecule has 108 valence electrons. The zero-order chi connectivity index (χ0) is 14.8. The third-order valence-corrected chi connectivity index (χ3v) is 5.08. The molecule has 1 atom stereocenters. The van der Waals surface area contributed by atoms with E-state index in [1.54, 1.807) is 23.5 Å². The molecule has 1 aromatic carbocycles. The molecular weight excluding hydrogens is 292 g/mol. The van der Waals surface area contributed by atoms with Gasteiger partial charge in [-0.1, -0.05) is 12.1 Å². The Morgan fingerprint density at radius 2 is 1.95 bits per heavy atom. The third-order valence-electron chi connectivity index (χ3n) is 3.04. The minimum atomic E-state index is -3.13. The van der Waals surface area contributed by atoms with Crippen molar-refractivity contribution in [2.75, 3.05) is 6.26 Å². The van der Waals surface area contributed by atoms with Crippen LogP contribution in [-0.4, -0.2) is 19.7 Å². The first-order valence-corrected chi connectivity index (χ1v) is 9.02. The second-order valence-corrected chi connectivity index (χ2v) is 8.14. The van der Waals surface area contributed by atoms with Crippen molar-refractivity contribution < 1.29 is 8.42 Å². The lowest BCUT2D eigenvalue weighted by molar-refractivity contribution is 0.572. The predicted octanol–water partition coefficient (Wildman–Crippen LogP) is 2.71. The smallest absolute Gasteiger partial charge is 0.175 e. The molecule has 1 heterocycles. The molecule has 0 bridgehead atoms. The fourth-order valence-corrected chi connectivity index (χ4v) is 3.21. The summed E-state index contributed by atoms with van der Waals surface area (Å²) in [6.07, 6.45) is 3.09. The van der Waals surface area contributed by atoms with E-state index in [2.05, 4.69) is 17.2 Å². The van der Waals surface area contributed by atoms with Crippen LogP contribution in [0.5, 0.6) is 0 Å². The quantitative estimate of drug-likeness (QED) is 0.922. The van der Waals surface area contributed by atoms with Crippen LogP contribution < -0.4 is 5.32 Å². The van der Waals surface area contributed by atoms with E-state index in [-0.39, 0.29) is 6.04 Å². The highest BCUT2D eigenvalue weighted by molar-refractivity contribution is 7.90. The van der Waals surface area contributed by atoms with Crippen LogP contribution in [0.3, 0.4) is 0 Å². The minimum Gasteiger partial charge on any atom is -0.304 e. The summed E-state index contributed by atoms with van der Waals surface area (Å²) in [7, 11) is -3.13. The molecular formula is C14H18N2O2S2. The van der Waals surface area contributed by atoms with Crippen molar-refractivity contribution in [1.29, 1.82) is 0 Å². The Hall–Kier alpha value is -1.24. The molecule has 0 spiro atoms. The summed E-state index contributed by atoms with van der Waals surface area (Å²) in [6.45, 7) is 4.80. The monoisotopic (exact) mass is 310 g/mol. The second-order valence-electron chi connectivity index (χ2n) is 4.81. The van der Waals surface area contributed by atoms with Gasteiger partial charge in [-0.05, 0) is 31.5 Å². The van der Waals surface area contributed by atoms with Crippen molar-refractivity contribution in [3.8, 4) is 0 Å². The number of nitrogens with zero attached hydrogens (tertiary/aromatic N) is 1. The number of hydrogen-bond donors (Lipinski definition) is 1. The van der Waals surface area contributed by atoms with Gasteiger partial charge in [0.15, 0.2) is 9.84 Å². The van der Waals surface area contributed by atoms with Gasteiger partial charge in [0.2, 0.25) is 0 Å². The molecule has 0 saturated carbocycles. The Balaban J connectivity index is 2.00. The highest BCUT2D eigenvalue weighted by Crippen LogP contribution is 2.17. The molecule has 6 heteroatoms. The molecule has 0 aliphatic rings. The van der Waals surface area contributed by atoms with Crippen LogP contribution in [-0.2, 0) is 16.4 Å². The van der Waals surface area contributed by atoms with Crippen LogP contribution in [0.2, 0.25) is 0 Å². The molecule has 2 aromatic rings. The third kappa shape index (κ3) is 3.88. The number of nitrogens with one attached hydrogen (secondary N) is 1. The van der Waals surface area contributed by atoms with E-state index in [1.807, 2.05) is 25.3 Å². The number of aromatic nitrogens is 1. The fourth-order valence-electron chi connectivity index (χ4n) is 1.85. The summed E-state index contributed by atoms with van der Waals surface area (Å²) >= 11 is 1.68. The standard InChI is InChI=1S/C14H18N2O2S2/c1-10-8-16-14(19-10)9-15-11(2)12-4-6-13(7-5-12)20(3,17)18/h4-8,11,15H,9H2,1-3H3. The molecule has 0 amide bonds. The second kappa shape index (κ2) is 6.03. The van der Waals surface area contributed by atoms with Gasteiger partial charge < -0.3 is 5.32 Å². The van der Waals surface area contributed by atoms with Gasteiger partial charge in [0.1, 0.15) is 5.01 Å². The molecule has 0 aliphatic carbocycles. The zero-order valence-electron chi connectivity index (χ0n) is 11.8. The van der Waals surface area contributed by atoms with Crippen molar-refractivity contribution in [2.45, 2.75) is 31.3 Å². The Morgan fingerprint density at radius 3 is 2.45 bits per heavy atom. The number of benzene rings is 1. The first-order chi connectivity index (χ1) is 9.36. The van der Waals surface area contributed by atoms with E-state index in [0.29, 0.717) is 11.4 Å². The van der Waals surface area contributed by atoms with Crippen LogP contribution in [0.25, 0.3) is 0 Å². The molecule has 4 nitrogen and oxygen atoms in total. The average molecular weight is 310 g/mol. The molecule has 20 heavy (non-hydrogen) atoms. The Labute approximate surface area is 123 Å². The maximum atomic E-state index is 11.4. The van der Waals surface area contributed by atoms with Gasteiger partial charge in [0.25, 0.3) is 0 Å². The summed E-state index contributed by atoms with van der Waals surface area (Å²) in [5, 5.41) is 4.44. The van der Waals surface area contributed by atoms with Gasteiger partial charge >= 0.3 is 0 Å². The van der Waals surface area contributed by atoms with Gasteiger partial charge in [-0.3, -0.25) is 0 Å². The molecule has 0 radical (unpaired) electrons. The molecule has 2 rings (SSSR count). The summed E-state index contributed by atoms with van der Waals surface area (Å²) in [6, 6.07) is 7.14. The first kappa shape index (κ1) is 15.2. The maximum absolute atomic E-state index is 11.4. The molecule has 1 aromatic heterocycles. The van der Waals surface area contributed by atoms with Crippen molar-refractivity contribution in [1.82, 2.24) is 10.3 Å². The number of hydrogen-bond acceptors (Lipinski definition) is 5. The molecule has 0 fully saturated rings. The number of aryl methyl sites for hydroxylation is 1. The molecule has 0 saturated heterocycles. The lowest BCUT2D eigenvalue weighted by Crippen LogP contribution is -2.18. The summed E-state index contributed by atoms with van der Waals surface area (Å²) < 4.78 is 22.8. The van der Waals surface area contributed by atoms with Crippen LogP contribution in [0.15, 0.2) is 35.4 Å². The highest BCUT2D eigenvalue weighted by atomic mass is 32.2. The highest BCUT2D eigenvalue weighted by Gasteiger charge is 2.09. The van der Waals surface area contributed by atoms with Crippen LogP contribution >= 0.6 is 11.3 Å². The average Bonchev–Trinajstić information content (AvgIpc) is 2.81. The SMILES string of the molecule is Cc1cnc(CNC(C)c2ccc(S(C)(=O)=O)cc2)s1. The van der Waals surface area contributed by atoms with E-state index >= 15 is 0 Å². The van der Waals surface area contributed by atoms with Gasteiger partial charge in [-0.2, -0.15) is 0 Å². The van der Waals surface area contributed by atoms with Crippen LogP contribution in [0.1, 0.15) is 28.4 Å². The number of thiazole rings is 1. The number of rotatable bonds is 5. The van der Waals surface area contributed by atoms with Crippen molar-refractivity contribution in [2.24, 2.45) is 0 Å². The van der Waals surface area contributed by atoms with Gasteiger partial charge in [-0.15, -0.1) is 11.3 Å². The predicted molar refractivity (Wildman–Crippen MR) is 81.7 cm³/mol. The molecule has 1 N–H and O–H groups in total. The van der Waals surface area contributed by atoms with Crippen molar-refractivity contribution in [3.63, 3.8) is 0 Å². The number of sulfone groups is 1. The Morgan fingerprint density at radius 1 is 1.30 bits per heavy atom. The van der Waals surface area contributed by atoms with E-state index in [9.17, 15) is 8.42 Å². The van der Waals surface area contributed by atoms with Crippen molar-refractivity contribution in [3.05, 3.63) is 45.9 Å². The Bertz CT molecular complexity index is 675. The van der Waals surface area contributed by atoms with Crippen LogP contribution in [0, 0.1) is 6.92 Å². The van der Waals surface area contributed by atoms with Gasteiger partial charge in [-0.25, -0.2) is 13.4 Å². The lowest BCUT2D eigenvalue weighted by Gasteiger charge is -2.13. The molecule has 0 aliphatic heterocycles. The van der Waals surface area contributed by atoms with E-state index < -0.39 is 9.84 Å². The van der Waals surface area contributed by atoms with Gasteiger partial charge in [0, 0.05) is 29.9 Å². The summed E-state index contributed by atoms with van der Waals surface area (Å²) in [5.41, 5.74) is 1.06. The van der Waals surface area contributed by atoms with Gasteiger partial charge in [0.05, 0.1) is 4.90 Å². The first-order valence-electron chi connectivity index (χ1n) is 6.31. The summed E-state index contributed by atoms with van der Waals surface area (Å²) in [5.74, 6) is 0. The fraction of sp³-hybridized carbons (Fsp3) is 0.357. The van der Waals surface area contributed by atoms with E-state index in [0.717, 1.165) is 10.6 Å². The summed E-state index contributed by atoms with van der Waals surface area (Å²) in [4.78, 5) is 5.86. The largest absolute Gasteiger partial charge is 0.304 e. The van der Waals surface area contributed by atoms with E-state index in [4.69, 9.17) is 0 Å². The lowest BCUT2D eigenvalue weighted by atomic mass is 10.1. The van der Waals surface area contributed by atoms with E-state index in [1.165, 1.54) is 11.1 Å². The molecule has 1 unspecified atom stereocenters. The minimum absolute atomic E-state index is 0.146. The normalized spacial score (nSPS) is 13.3. The Kier molecular flexibility index (Phi) is 4.57. The zero-order valence-corrected chi connectivity index (χ0v) is 13.4. The van der Waals surface area contributed by atoms with Crippen LogP contribution in [0.4, 0.5) is 0 Å².